The average Bonchev–Trinajstić information content (AvgIpc) is 3.23. The average molecular weight is 452 g/mol. The molecule has 166 valence electrons. The van der Waals surface area contributed by atoms with E-state index in [1.807, 2.05) is 55.6 Å². The molecule has 7 nitrogen and oxygen atoms in total. The molecule has 0 bridgehead atoms. The second kappa shape index (κ2) is 9.40. The fourth-order valence-electron chi connectivity index (χ4n) is 3.59. The molecule has 0 spiro atoms. The van der Waals surface area contributed by atoms with Crippen LogP contribution in [0.2, 0.25) is 0 Å². The Hall–Kier alpha value is -3.39. The normalized spacial score (nSPS) is 14.8. The number of aromatic nitrogens is 1. The summed E-state index contributed by atoms with van der Waals surface area (Å²) in [4.78, 5) is 28.4. The molecule has 2 aromatic carbocycles. The van der Waals surface area contributed by atoms with Gasteiger partial charge in [0.05, 0.1) is 18.3 Å². The number of thiazole rings is 1. The molecule has 4 rings (SSSR count). The lowest BCUT2D eigenvalue weighted by atomic mass is 9.97. The van der Waals surface area contributed by atoms with E-state index >= 15 is 0 Å². The summed E-state index contributed by atoms with van der Waals surface area (Å²) >= 11 is 1.35. The number of nitrogens with zero attached hydrogens (tertiary/aromatic N) is 1. The summed E-state index contributed by atoms with van der Waals surface area (Å²) in [5.74, 6) is 1.13. The van der Waals surface area contributed by atoms with Gasteiger partial charge in [0, 0.05) is 29.9 Å². The molecule has 2 amide bonds. The minimum absolute atomic E-state index is 0.0741. The maximum atomic E-state index is 12.3. The predicted molar refractivity (Wildman–Crippen MR) is 124 cm³/mol. The Bertz CT molecular complexity index is 1160. The van der Waals surface area contributed by atoms with Crippen LogP contribution in [0.5, 0.6) is 11.5 Å². The van der Waals surface area contributed by atoms with Gasteiger partial charge in [-0.3, -0.25) is 14.9 Å². The number of rotatable bonds is 6. The van der Waals surface area contributed by atoms with Crippen LogP contribution in [0.15, 0.2) is 41.8 Å². The molecule has 32 heavy (non-hydrogen) atoms. The van der Waals surface area contributed by atoms with Crippen LogP contribution in [0, 0.1) is 13.8 Å². The van der Waals surface area contributed by atoms with Crippen LogP contribution in [0.25, 0.3) is 11.3 Å². The zero-order valence-electron chi connectivity index (χ0n) is 18.2. The molecule has 2 heterocycles. The molecule has 3 aromatic rings. The van der Waals surface area contributed by atoms with E-state index in [1.165, 1.54) is 18.3 Å². The lowest BCUT2D eigenvalue weighted by molar-refractivity contribution is -0.120. The van der Waals surface area contributed by atoms with E-state index in [4.69, 9.17) is 9.47 Å². The lowest BCUT2D eigenvalue weighted by Crippen LogP contribution is -2.30. The third kappa shape index (κ3) is 4.91. The van der Waals surface area contributed by atoms with Crippen molar-refractivity contribution in [2.75, 3.05) is 18.5 Å². The molecule has 8 heteroatoms. The van der Waals surface area contributed by atoms with Gasteiger partial charge in [-0.15, -0.1) is 11.3 Å². The van der Waals surface area contributed by atoms with Crippen molar-refractivity contribution in [1.29, 1.82) is 0 Å². The maximum absolute atomic E-state index is 12.3. The summed E-state index contributed by atoms with van der Waals surface area (Å²) in [6.07, 6.45) is 0.717. The zero-order chi connectivity index (χ0) is 22.7. The number of fused-ring (bicyclic) bond motifs is 1. The number of amides is 2. The molecule has 0 radical (unpaired) electrons. The van der Waals surface area contributed by atoms with Crippen LogP contribution in [0.3, 0.4) is 0 Å². The van der Waals surface area contributed by atoms with Crippen molar-refractivity contribution in [3.05, 3.63) is 58.5 Å². The molecular weight excluding hydrogens is 426 g/mol. The first-order chi connectivity index (χ1) is 15.4. The Morgan fingerprint density at radius 2 is 2.09 bits per heavy atom. The largest absolute Gasteiger partial charge is 0.493 e. The van der Waals surface area contributed by atoms with Crippen LogP contribution < -0.4 is 20.1 Å². The van der Waals surface area contributed by atoms with Crippen LogP contribution >= 0.6 is 11.3 Å². The van der Waals surface area contributed by atoms with Gasteiger partial charge in [-0.2, -0.15) is 0 Å². The van der Waals surface area contributed by atoms with Gasteiger partial charge in [0.15, 0.2) is 11.7 Å². The number of hydrogen-bond donors (Lipinski definition) is 2. The number of hydrogen-bond acceptors (Lipinski definition) is 6. The van der Waals surface area contributed by atoms with Crippen molar-refractivity contribution in [1.82, 2.24) is 10.3 Å². The van der Waals surface area contributed by atoms with Crippen LogP contribution in [-0.2, 0) is 9.59 Å². The highest BCUT2D eigenvalue weighted by atomic mass is 32.1. The molecule has 1 aliphatic heterocycles. The molecule has 2 N–H and O–H groups in total. The Morgan fingerprint density at radius 3 is 2.91 bits per heavy atom. The minimum atomic E-state index is -0.267. The molecule has 1 atom stereocenters. The lowest BCUT2D eigenvalue weighted by Gasteiger charge is -2.26. The number of carbonyl (C=O) groups excluding carboxylic acids is 2. The van der Waals surface area contributed by atoms with Gasteiger partial charge in [0.25, 0.3) is 5.91 Å². The van der Waals surface area contributed by atoms with Crippen molar-refractivity contribution in [2.45, 2.75) is 33.2 Å². The number of ether oxygens (including phenoxy) is 2. The van der Waals surface area contributed by atoms with Crippen molar-refractivity contribution >= 4 is 28.3 Å². The first kappa shape index (κ1) is 21.8. The van der Waals surface area contributed by atoms with Gasteiger partial charge in [-0.25, -0.2) is 4.98 Å². The second-order valence-electron chi connectivity index (χ2n) is 7.72. The first-order valence-electron chi connectivity index (χ1n) is 10.4. The van der Waals surface area contributed by atoms with Crippen LogP contribution in [-0.4, -0.2) is 30.0 Å². The molecule has 0 fully saturated rings. The highest BCUT2D eigenvalue weighted by molar-refractivity contribution is 7.14. The predicted octanol–water partition coefficient (Wildman–Crippen LogP) is 4.40. The van der Waals surface area contributed by atoms with E-state index in [0.717, 1.165) is 40.1 Å². The monoisotopic (exact) mass is 451 g/mol. The summed E-state index contributed by atoms with van der Waals surface area (Å²) in [6.45, 7) is 5.96. The standard InChI is InChI=1S/C24H25N3O4S/c1-14-5-4-6-21(15(14)2)31-12-23(29)27-24-26-20(13-32-24)17-7-8-22-18(11-17)19(9-10-30-22)25-16(3)28/h4-8,11,13,19H,9-10,12H2,1-3H3,(H,25,28)(H,26,27,29). The molecule has 1 aliphatic rings. The topological polar surface area (TPSA) is 89.6 Å². The smallest absolute Gasteiger partial charge is 0.264 e. The van der Waals surface area contributed by atoms with Gasteiger partial charge >= 0.3 is 0 Å². The fraction of sp³-hybridized carbons (Fsp3) is 0.292. The van der Waals surface area contributed by atoms with E-state index in [2.05, 4.69) is 15.6 Å². The Labute approximate surface area is 190 Å². The Kier molecular flexibility index (Phi) is 6.41. The molecule has 1 unspecified atom stereocenters. The number of aryl methyl sites for hydroxylation is 1. The molecule has 0 aliphatic carbocycles. The summed E-state index contributed by atoms with van der Waals surface area (Å²) in [7, 11) is 0. The highest BCUT2D eigenvalue weighted by Gasteiger charge is 2.23. The summed E-state index contributed by atoms with van der Waals surface area (Å²) in [5.41, 5.74) is 4.71. The number of anilines is 1. The molecule has 1 aromatic heterocycles. The van der Waals surface area contributed by atoms with E-state index in [-0.39, 0.29) is 24.5 Å². The first-order valence-corrected chi connectivity index (χ1v) is 11.3. The maximum Gasteiger partial charge on any atom is 0.264 e. The van der Waals surface area contributed by atoms with E-state index < -0.39 is 0 Å². The van der Waals surface area contributed by atoms with E-state index in [1.54, 1.807) is 0 Å². The van der Waals surface area contributed by atoms with Gasteiger partial charge in [-0.05, 0) is 49.2 Å². The van der Waals surface area contributed by atoms with Crippen molar-refractivity contribution in [2.24, 2.45) is 0 Å². The Balaban J connectivity index is 1.43. The fourth-order valence-corrected chi connectivity index (χ4v) is 4.33. The van der Waals surface area contributed by atoms with Crippen molar-refractivity contribution < 1.29 is 19.1 Å². The second-order valence-corrected chi connectivity index (χ2v) is 8.57. The quantitative estimate of drug-likeness (QED) is 0.580. The third-order valence-electron chi connectivity index (χ3n) is 5.39. The van der Waals surface area contributed by atoms with Gasteiger partial charge in [-0.1, -0.05) is 12.1 Å². The van der Waals surface area contributed by atoms with Crippen molar-refractivity contribution in [3.63, 3.8) is 0 Å². The summed E-state index contributed by atoms with van der Waals surface area (Å²) < 4.78 is 11.4. The van der Waals surface area contributed by atoms with E-state index in [0.29, 0.717) is 17.5 Å². The highest BCUT2D eigenvalue weighted by Crippen LogP contribution is 2.36. The van der Waals surface area contributed by atoms with E-state index in [9.17, 15) is 9.59 Å². The molecule has 0 saturated carbocycles. The Morgan fingerprint density at radius 1 is 1.25 bits per heavy atom. The van der Waals surface area contributed by atoms with Crippen LogP contribution in [0.1, 0.15) is 36.1 Å². The summed E-state index contributed by atoms with van der Waals surface area (Å²) in [6, 6.07) is 11.5. The molecule has 0 saturated heterocycles. The number of carbonyl (C=O) groups is 2. The van der Waals surface area contributed by atoms with Crippen LogP contribution in [0.4, 0.5) is 5.13 Å². The van der Waals surface area contributed by atoms with Crippen molar-refractivity contribution in [3.8, 4) is 22.8 Å². The third-order valence-corrected chi connectivity index (χ3v) is 6.14. The zero-order valence-corrected chi connectivity index (χ0v) is 19.0. The SMILES string of the molecule is CC(=O)NC1CCOc2ccc(-c3csc(NC(=O)COc4cccc(C)c4C)n3)cc21. The minimum Gasteiger partial charge on any atom is -0.493 e. The van der Waals surface area contributed by atoms with Gasteiger partial charge in [0.2, 0.25) is 5.91 Å². The number of nitrogens with one attached hydrogen (secondary N) is 2. The number of benzene rings is 2. The summed E-state index contributed by atoms with van der Waals surface area (Å²) in [5, 5.41) is 8.16. The van der Waals surface area contributed by atoms with Gasteiger partial charge < -0.3 is 14.8 Å². The van der Waals surface area contributed by atoms with Gasteiger partial charge in [0.1, 0.15) is 11.5 Å². The molecular formula is C24H25N3O4S.